The molecule has 0 bridgehead atoms. The van der Waals surface area contributed by atoms with Crippen LogP contribution in [0.3, 0.4) is 0 Å². The fourth-order valence-electron chi connectivity index (χ4n) is 6.75. The van der Waals surface area contributed by atoms with Crippen LogP contribution in [-0.2, 0) is 0 Å². The zero-order valence-electron chi connectivity index (χ0n) is 20.5. The van der Waals surface area contributed by atoms with Gasteiger partial charge in [-0.15, -0.1) is 0 Å². The van der Waals surface area contributed by atoms with Crippen molar-refractivity contribution >= 4 is 0 Å². The maximum atomic E-state index is 14.5. The minimum Gasteiger partial charge on any atom is -0.393 e. The van der Waals surface area contributed by atoms with Crippen LogP contribution in [0.2, 0.25) is 0 Å². The Bertz CT molecular complexity index is 796. The Balaban J connectivity index is 1.76. The summed E-state index contributed by atoms with van der Waals surface area (Å²) in [4.78, 5) is 0. The summed E-state index contributed by atoms with van der Waals surface area (Å²) in [5, 5.41) is 40.2. The van der Waals surface area contributed by atoms with Crippen molar-refractivity contribution in [2.45, 2.75) is 109 Å². The fourth-order valence-corrected chi connectivity index (χ4v) is 6.75. The zero-order valence-corrected chi connectivity index (χ0v) is 20.5. The van der Waals surface area contributed by atoms with Gasteiger partial charge in [0.15, 0.2) is 0 Å². The number of rotatable bonds is 6. The number of aliphatic hydroxyl groups excluding tert-OH is 3. The first-order chi connectivity index (χ1) is 15.2. The number of alkyl halides is 2. The molecule has 3 saturated carbocycles. The molecular formula is C27H42F2O4. The van der Waals surface area contributed by atoms with Crippen LogP contribution in [-0.4, -0.2) is 50.3 Å². The normalized spacial score (nSPS) is 37.9. The van der Waals surface area contributed by atoms with Gasteiger partial charge in [-0.3, -0.25) is 0 Å². The van der Waals surface area contributed by atoms with Crippen molar-refractivity contribution in [1.82, 2.24) is 0 Å². The minimum atomic E-state index is -3.57. The quantitative estimate of drug-likeness (QED) is 0.446. The van der Waals surface area contributed by atoms with E-state index in [1.165, 1.54) is 5.57 Å². The molecule has 188 valence electrons. The smallest absolute Gasteiger partial charge is 0.300 e. The second-order valence-corrected chi connectivity index (χ2v) is 11.6. The first kappa shape index (κ1) is 26.5. The number of hydrogen-bond donors (Lipinski definition) is 4. The molecule has 0 radical (unpaired) electrons. The van der Waals surface area contributed by atoms with E-state index in [-0.39, 0.29) is 23.7 Å². The third-order valence-corrected chi connectivity index (χ3v) is 8.82. The van der Waals surface area contributed by atoms with Gasteiger partial charge in [0.2, 0.25) is 0 Å². The highest BCUT2D eigenvalue weighted by Crippen LogP contribution is 2.60. The van der Waals surface area contributed by atoms with Crippen molar-refractivity contribution in [1.29, 1.82) is 0 Å². The van der Waals surface area contributed by atoms with Crippen LogP contribution in [0.15, 0.2) is 35.5 Å². The van der Waals surface area contributed by atoms with Gasteiger partial charge in [0.1, 0.15) is 11.7 Å². The standard InChI is InChI=1S/C27H42F2O4/c1-16(13-24(32)27(28,29)25(3,4)33)21-10-11-22-18(7-6-12-26(21,22)5)8-9-19-14-20(30)15-23(31)17(19)2/h8-9,16,20-24,30-33H,2,6-7,10-15H2,1,3-5H3/b18-8+,19-9-/t16-,20-,21-,22+,23+,24-,26-/m1/s1. The summed E-state index contributed by atoms with van der Waals surface area (Å²) in [5.74, 6) is -3.08. The molecule has 0 spiro atoms. The Morgan fingerprint density at radius 3 is 2.52 bits per heavy atom. The number of halogens is 2. The van der Waals surface area contributed by atoms with E-state index in [0.29, 0.717) is 24.3 Å². The third kappa shape index (κ3) is 5.14. The van der Waals surface area contributed by atoms with E-state index < -0.39 is 29.8 Å². The molecule has 6 heteroatoms. The van der Waals surface area contributed by atoms with Crippen LogP contribution in [0.1, 0.15) is 79.1 Å². The average molecular weight is 469 g/mol. The third-order valence-electron chi connectivity index (χ3n) is 8.82. The Morgan fingerprint density at radius 2 is 1.88 bits per heavy atom. The van der Waals surface area contributed by atoms with Crippen molar-refractivity contribution in [2.24, 2.45) is 23.2 Å². The molecule has 3 fully saturated rings. The Hall–Kier alpha value is -1.08. The second kappa shape index (κ2) is 9.52. The van der Waals surface area contributed by atoms with Gasteiger partial charge in [-0.1, -0.05) is 38.2 Å². The monoisotopic (exact) mass is 468 g/mol. The van der Waals surface area contributed by atoms with Crippen molar-refractivity contribution in [3.63, 3.8) is 0 Å². The van der Waals surface area contributed by atoms with Crippen molar-refractivity contribution < 1.29 is 29.2 Å². The number of hydrogen-bond acceptors (Lipinski definition) is 4. The molecule has 4 nitrogen and oxygen atoms in total. The van der Waals surface area contributed by atoms with Crippen LogP contribution in [0.25, 0.3) is 0 Å². The lowest BCUT2D eigenvalue weighted by atomic mass is 9.60. The van der Waals surface area contributed by atoms with Gasteiger partial charge in [-0.2, -0.15) is 0 Å². The van der Waals surface area contributed by atoms with Gasteiger partial charge in [-0.25, -0.2) is 8.78 Å². The SMILES string of the molecule is C=C1/C(=C\C=C2/CCC[C@]3(C)[C@@H]([C@H](C)C[C@@H](O)C(F)(F)C(C)(C)O)CC[C@@H]23)C[C@@H](O)C[C@@H]1O. The lowest BCUT2D eigenvalue weighted by Crippen LogP contribution is -2.52. The zero-order chi connectivity index (χ0) is 24.8. The molecule has 0 aromatic carbocycles. The number of aliphatic hydroxyl groups is 4. The first-order valence-electron chi connectivity index (χ1n) is 12.4. The van der Waals surface area contributed by atoms with Crippen molar-refractivity contribution in [2.75, 3.05) is 0 Å². The predicted octanol–water partition coefficient (Wildman–Crippen LogP) is 4.92. The van der Waals surface area contributed by atoms with Crippen LogP contribution in [0.5, 0.6) is 0 Å². The molecule has 0 heterocycles. The topological polar surface area (TPSA) is 80.9 Å². The van der Waals surface area contributed by atoms with Crippen LogP contribution >= 0.6 is 0 Å². The van der Waals surface area contributed by atoms with E-state index in [1.54, 1.807) is 0 Å². The summed E-state index contributed by atoms with van der Waals surface area (Å²) in [6, 6.07) is 0. The van der Waals surface area contributed by atoms with Crippen molar-refractivity contribution in [3.8, 4) is 0 Å². The highest BCUT2D eigenvalue weighted by molar-refractivity contribution is 5.38. The van der Waals surface area contributed by atoms with E-state index in [4.69, 9.17) is 0 Å². The molecule has 7 atom stereocenters. The maximum Gasteiger partial charge on any atom is 0.300 e. The molecule has 3 aliphatic rings. The highest BCUT2D eigenvalue weighted by Gasteiger charge is 2.54. The van der Waals surface area contributed by atoms with Gasteiger partial charge in [0, 0.05) is 6.42 Å². The van der Waals surface area contributed by atoms with Crippen molar-refractivity contribution in [3.05, 3.63) is 35.5 Å². The molecule has 4 N–H and O–H groups in total. The second-order valence-electron chi connectivity index (χ2n) is 11.6. The van der Waals surface area contributed by atoms with Gasteiger partial charge >= 0.3 is 5.92 Å². The summed E-state index contributed by atoms with van der Waals surface area (Å²) < 4.78 is 28.9. The van der Waals surface area contributed by atoms with Crippen LogP contribution < -0.4 is 0 Å². The lowest BCUT2D eigenvalue weighted by Gasteiger charge is -2.45. The average Bonchev–Trinajstić information content (AvgIpc) is 3.06. The highest BCUT2D eigenvalue weighted by atomic mass is 19.3. The van der Waals surface area contributed by atoms with E-state index in [2.05, 4.69) is 19.6 Å². The fraction of sp³-hybridized carbons (Fsp3) is 0.778. The van der Waals surface area contributed by atoms with Crippen LogP contribution in [0.4, 0.5) is 8.78 Å². The lowest BCUT2D eigenvalue weighted by molar-refractivity contribution is -0.220. The Labute approximate surface area is 197 Å². The molecule has 3 aliphatic carbocycles. The molecule has 0 amide bonds. The molecule has 33 heavy (non-hydrogen) atoms. The van der Waals surface area contributed by atoms with E-state index in [1.807, 2.05) is 13.0 Å². The van der Waals surface area contributed by atoms with E-state index in [0.717, 1.165) is 51.5 Å². The number of allylic oxidation sites excluding steroid dienone is 3. The summed E-state index contributed by atoms with van der Waals surface area (Å²) in [6.45, 7) is 10.3. The van der Waals surface area contributed by atoms with E-state index >= 15 is 0 Å². The molecule has 3 rings (SSSR count). The largest absolute Gasteiger partial charge is 0.393 e. The molecule has 0 aromatic rings. The summed E-state index contributed by atoms with van der Waals surface area (Å²) in [5.41, 5.74) is 0.619. The van der Waals surface area contributed by atoms with Gasteiger partial charge in [0.25, 0.3) is 0 Å². The van der Waals surface area contributed by atoms with Gasteiger partial charge < -0.3 is 20.4 Å². The minimum absolute atomic E-state index is 0.0195. The molecule has 0 aromatic heterocycles. The molecule has 0 unspecified atom stereocenters. The summed E-state index contributed by atoms with van der Waals surface area (Å²) in [7, 11) is 0. The molecular weight excluding hydrogens is 426 g/mol. The van der Waals surface area contributed by atoms with E-state index in [9.17, 15) is 29.2 Å². The molecule has 0 saturated heterocycles. The molecule has 0 aliphatic heterocycles. The number of fused-ring (bicyclic) bond motifs is 1. The Kier molecular flexibility index (Phi) is 7.65. The predicted molar refractivity (Wildman–Crippen MR) is 126 cm³/mol. The van der Waals surface area contributed by atoms with Gasteiger partial charge in [-0.05, 0) is 93.1 Å². The van der Waals surface area contributed by atoms with Gasteiger partial charge in [0.05, 0.1) is 12.2 Å². The first-order valence-corrected chi connectivity index (χ1v) is 12.4. The summed E-state index contributed by atoms with van der Waals surface area (Å²) >= 11 is 0. The Morgan fingerprint density at radius 1 is 1.21 bits per heavy atom. The van der Waals surface area contributed by atoms with Crippen LogP contribution in [0, 0.1) is 23.2 Å². The summed E-state index contributed by atoms with van der Waals surface area (Å²) in [6.07, 6.45) is 6.74. The maximum absolute atomic E-state index is 14.5.